The van der Waals surface area contributed by atoms with Crippen LogP contribution in [0.1, 0.15) is 18.4 Å². The lowest BCUT2D eigenvalue weighted by molar-refractivity contribution is -0.125. The van der Waals surface area contributed by atoms with E-state index in [1.807, 2.05) is 72.4 Å². The summed E-state index contributed by atoms with van der Waals surface area (Å²) in [4.78, 5) is 34.4. The molecule has 7 heteroatoms. The number of carbonyl (C=O) groups excluding carboxylic acids is 1. The predicted octanol–water partition coefficient (Wildman–Crippen LogP) is 2.53. The molecule has 1 amide bonds. The highest BCUT2D eigenvalue weighted by Crippen LogP contribution is 2.22. The van der Waals surface area contributed by atoms with Crippen molar-refractivity contribution in [3.63, 3.8) is 0 Å². The molecule has 2 aromatic carbocycles. The quantitative estimate of drug-likeness (QED) is 0.688. The van der Waals surface area contributed by atoms with Crippen LogP contribution in [0.25, 0.3) is 11.0 Å². The van der Waals surface area contributed by atoms with E-state index in [1.54, 1.807) is 11.6 Å². The fourth-order valence-electron chi connectivity index (χ4n) is 4.10. The number of anilines is 2. The van der Waals surface area contributed by atoms with Crippen molar-refractivity contribution >= 4 is 28.4 Å². The highest BCUT2D eigenvalue weighted by Gasteiger charge is 2.28. The third-order valence-corrected chi connectivity index (χ3v) is 5.98. The van der Waals surface area contributed by atoms with Crippen LogP contribution in [0, 0.1) is 5.92 Å². The standard InChI is InChI=1S/C24H29N5O2/c1-27(2)19-12-10-17(11-13-19)15-25-23(30)18-7-6-14-29(16-18)22-24(31)28(3)21-9-5-4-8-20(21)26-22/h4-5,8-13,18H,6-7,14-16H2,1-3H3,(H,25,30). The van der Waals surface area contributed by atoms with Crippen LogP contribution in [0.2, 0.25) is 0 Å². The molecule has 0 saturated carbocycles. The minimum atomic E-state index is -0.159. The lowest BCUT2D eigenvalue weighted by Crippen LogP contribution is -2.45. The first-order valence-corrected chi connectivity index (χ1v) is 10.7. The van der Waals surface area contributed by atoms with E-state index in [2.05, 4.69) is 10.3 Å². The Balaban J connectivity index is 1.45. The summed E-state index contributed by atoms with van der Waals surface area (Å²) in [5, 5.41) is 3.06. The first-order chi connectivity index (χ1) is 14.9. The van der Waals surface area contributed by atoms with Gasteiger partial charge in [-0.3, -0.25) is 9.59 Å². The van der Waals surface area contributed by atoms with Crippen LogP contribution >= 0.6 is 0 Å². The zero-order chi connectivity index (χ0) is 22.0. The van der Waals surface area contributed by atoms with Crippen molar-refractivity contribution in [3.05, 3.63) is 64.4 Å². The van der Waals surface area contributed by atoms with Crippen molar-refractivity contribution in [3.8, 4) is 0 Å². The van der Waals surface area contributed by atoms with E-state index in [0.29, 0.717) is 18.9 Å². The fraction of sp³-hybridized carbons (Fsp3) is 0.375. The maximum absolute atomic E-state index is 12.9. The molecular formula is C24H29N5O2. The summed E-state index contributed by atoms with van der Waals surface area (Å²) in [6, 6.07) is 15.8. The summed E-state index contributed by atoms with van der Waals surface area (Å²) < 4.78 is 1.64. The first kappa shape index (κ1) is 20.9. The number of nitrogens with one attached hydrogen (secondary N) is 1. The van der Waals surface area contributed by atoms with E-state index in [9.17, 15) is 9.59 Å². The van der Waals surface area contributed by atoms with Gasteiger partial charge >= 0.3 is 0 Å². The van der Waals surface area contributed by atoms with Gasteiger partial charge in [-0.2, -0.15) is 0 Å². The van der Waals surface area contributed by atoms with E-state index >= 15 is 0 Å². The van der Waals surface area contributed by atoms with Gasteiger partial charge in [0.25, 0.3) is 5.56 Å². The van der Waals surface area contributed by atoms with Crippen LogP contribution in [-0.4, -0.2) is 42.6 Å². The number of para-hydroxylation sites is 2. The molecule has 31 heavy (non-hydrogen) atoms. The topological polar surface area (TPSA) is 70.5 Å². The lowest BCUT2D eigenvalue weighted by Gasteiger charge is -2.32. The van der Waals surface area contributed by atoms with Gasteiger partial charge < -0.3 is 19.7 Å². The summed E-state index contributed by atoms with van der Waals surface area (Å²) in [6.45, 7) is 1.74. The van der Waals surface area contributed by atoms with E-state index in [1.165, 1.54) is 0 Å². The third-order valence-electron chi connectivity index (χ3n) is 5.98. The molecule has 1 aliphatic rings. The number of aryl methyl sites for hydroxylation is 1. The van der Waals surface area contributed by atoms with Crippen molar-refractivity contribution < 1.29 is 4.79 Å². The largest absolute Gasteiger partial charge is 0.378 e. The molecule has 162 valence electrons. The number of aromatic nitrogens is 2. The average Bonchev–Trinajstić information content (AvgIpc) is 2.80. The summed E-state index contributed by atoms with van der Waals surface area (Å²) in [7, 11) is 5.78. The number of rotatable bonds is 5. The molecule has 1 aromatic heterocycles. The molecule has 1 unspecified atom stereocenters. The van der Waals surface area contributed by atoms with Crippen LogP contribution < -0.4 is 20.7 Å². The molecule has 3 aromatic rings. The summed E-state index contributed by atoms with van der Waals surface area (Å²) >= 11 is 0. The Kier molecular flexibility index (Phi) is 5.93. The number of hydrogen-bond acceptors (Lipinski definition) is 5. The molecule has 0 bridgehead atoms. The van der Waals surface area contributed by atoms with Gasteiger partial charge in [0.15, 0.2) is 5.82 Å². The van der Waals surface area contributed by atoms with Crippen molar-refractivity contribution in [1.82, 2.24) is 14.9 Å². The Labute approximate surface area is 182 Å². The number of fused-ring (bicyclic) bond motifs is 1. The summed E-state index contributed by atoms with van der Waals surface area (Å²) in [6.07, 6.45) is 1.67. The predicted molar refractivity (Wildman–Crippen MR) is 125 cm³/mol. The SMILES string of the molecule is CN(C)c1ccc(CNC(=O)C2CCCN(c3nc4ccccc4n(C)c3=O)C2)cc1. The van der Waals surface area contributed by atoms with Gasteiger partial charge in [-0.25, -0.2) is 4.98 Å². The molecule has 1 atom stereocenters. The molecule has 4 rings (SSSR count). The minimum absolute atomic E-state index is 0.0269. The van der Waals surface area contributed by atoms with Gasteiger partial charge in [0.1, 0.15) is 0 Å². The Morgan fingerprint density at radius 3 is 2.65 bits per heavy atom. The molecule has 1 saturated heterocycles. The molecule has 1 N–H and O–H groups in total. The monoisotopic (exact) mass is 419 g/mol. The first-order valence-electron chi connectivity index (χ1n) is 10.7. The smallest absolute Gasteiger partial charge is 0.293 e. The summed E-state index contributed by atoms with van der Waals surface area (Å²) in [5.41, 5.74) is 3.66. The Morgan fingerprint density at radius 1 is 1.16 bits per heavy atom. The maximum atomic E-state index is 12.9. The highest BCUT2D eigenvalue weighted by molar-refractivity contribution is 5.80. The zero-order valence-electron chi connectivity index (χ0n) is 18.3. The lowest BCUT2D eigenvalue weighted by atomic mass is 9.97. The molecule has 7 nitrogen and oxygen atoms in total. The van der Waals surface area contributed by atoms with E-state index in [4.69, 9.17) is 0 Å². The number of hydrogen-bond donors (Lipinski definition) is 1. The second-order valence-electron chi connectivity index (χ2n) is 8.35. The number of carbonyl (C=O) groups is 1. The van der Waals surface area contributed by atoms with Crippen LogP contribution in [0.15, 0.2) is 53.3 Å². The average molecular weight is 420 g/mol. The Hall–Kier alpha value is -3.35. The van der Waals surface area contributed by atoms with Crippen LogP contribution in [-0.2, 0) is 18.4 Å². The number of nitrogens with zero attached hydrogens (tertiary/aromatic N) is 4. The van der Waals surface area contributed by atoms with Gasteiger partial charge in [0, 0.05) is 46.5 Å². The maximum Gasteiger partial charge on any atom is 0.293 e. The van der Waals surface area contributed by atoms with E-state index in [0.717, 1.165) is 41.7 Å². The summed E-state index contributed by atoms with van der Waals surface area (Å²) in [5.74, 6) is 0.296. The van der Waals surface area contributed by atoms with Gasteiger partial charge in [-0.05, 0) is 42.7 Å². The molecule has 0 aliphatic carbocycles. The van der Waals surface area contributed by atoms with Crippen LogP contribution in [0.5, 0.6) is 0 Å². The molecule has 1 fully saturated rings. The van der Waals surface area contributed by atoms with Crippen molar-refractivity contribution in [1.29, 1.82) is 0 Å². The highest BCUT2D eigenvalue weighted by atomic mass is 16.2. The number of piperidine rings is 1. The Bertz CT molecular complexity index is 1140. The van der Waals surface area contributed by atoms with E-state index < -0.39 is 0 Å². The minimum Gasteiger partial charge on any atom is -0.378 e. The normalized spacial score (nSPS) is 16.4. The second kappa shape index (κ2) is 8.79. The molecule has 0 radical (unpaired) electrons. The molecule has 0 spiro atoms. The van der Waals surface area contributed by atoms with Gasteiger partial charge in [-0.1, -0.05) is 24.3 Å². The second-order valence-corrected chi connectivity index (χ2v) is 8.35. The fourth-order valence-corrected chi connectivity index (χ4v) is 4.10. The zero-order valence-corrected chi connectivity index (χ0v) is 18.3. The van der Waals surface area contributed by atoms with Crippen molar-refractivity contribution in [2.75, 3.05) is 37.0 Å². The third kappa shape index (κ3) is 4.40. The molecule has 1 aliphatic heterocycles. The van der Waals surface area contributed by atoms with Gasteiger partial charge in [-0.15, -0.1) is 0 Å². The molecular weight excluding hydrogens is 390 g/mol. The van der Waals surface area contributed by atoms with Gasteiger partial charge in [0.2, 0.25) is 5.91 Å². The Morgan fingerprint density at radius 2 is 1.90 bits per heavy atom. The van der Waals surface area contributed by atoms with Crippen molar-refractivity contribution in [2.45, 2.75) is 19.4 Å². The molecule has 2 heterocycles. The van der Waals surface area contributed by atoms with Gasteiger partial charge in [0.05, 0.1) is 17.0 Å². The van der Waals surface area contributed by atoms with Crippen molar-refractivity contribution in [2.24, 2.45) is 13.0 Å². The number of amides is 1. The van der Waals surface area contributed by atoms with Crippen LogP contribution in [0.3, 0.4) is 0 Å². The van der Waals surface area contributed by atoms with E-state index in [-0.39, 0.29) is 17.4 Å². The van der Waals surface area contributed by atoms with Crippen LogP contribution in [0.4, 0.5) is 11.5 Å². The number of benzene rings is 2.